The molecule has 2 N–H and O–H groups in total. The molecular formula is C14H12N2O2. The summed E-state index contributed by atoms with van der Waals surface area (Å²) in [5.74, 6) is 0.00852. The molecule has 0 aliphatic heterocycles. The van der Waals surface area contributed by atoms with E-state index in [1.165, 1.54) is 0 Å². The van der Waals surface area contributed by atoms with Crippen LogP contribution in [-0.4, -0.2) is 10.4 Å². The number of nitrogens with zero attached hydrogens (tertiary/aromatic N) is 1. The van der Waals surface area contributed by atoms with E-state index in [9.17, 15) is 4.79 Å². The third-order valence-electron chi connectivity index (χ3n) is 3.02. The Morgan fingerprint density at radius 3 is 2.67 bits per heavy atom. The van der Waals surface area contributed by atoms with Gasteiger partial charge in [0.1, 0.15) is 5.58 Å². The first-order valence-corrected chi connectivity index (χ1v) is 5.61. The van der Waals surface area contributed by atoms with Crippen LogP contribution in [0.4, 0.5) is 5.69 Å². The molecule has 0 aliphatic rings. The molecule has 0 atom stereocenters. The maximum absolute atomic E-state index is 12.3. The summed E-state index contributed by atoms with van der Waals surface area (Å²) < 4.78 is 7.30. The van der Waals surface area contributed by atoms with E-state index in [4.69, 9.17) is 10.2 Å². The number of fused-ring (bicyclic) bond motifs is 1. The van der Waals surface area contributed by atoms with Crippen molar-refractivity contribution in [3.63, 3.8) is 0 Å². The molecule has 1 aromatic carbocycles. The Kier molecular flexibility index (Phi) is 2.23. The minimum absolute atomic E-state index is 0.198. The first kappa shape index (κ1) is 10.7. The van der Waals surface area contributed by atoms with Crippen molar-refractivity contribution in [3.8, 4) is 0 Å². The monoisotopic (exact) mass is 240 g/mol. The van der Waals surface area contributed by atoms with E-state index in [2.05, 4.69) is 0 Å². The Morgan fingerprint density at radius 1 is 1.22 bits per heavy atom. The fourth-order valence-electron chi connectivity index (χ4n) is 2.05. The van der Waals surface area contributed by atoms with Gasteiger partial charge in [-0.15, -0.1) is 0 Å². The molecule has 0 aliphatic carbocycles. The summed E-state index contributed by atoms with van der Waals surface area (Å²) >= 11 is 0. The van der Waals surface area contributed by atoms with E-state index in [0.29, 0.717) is 17.0 Å². The van der Waals surface area contributed by atoms with Gasteiger partial charge in [0.25, 0.3) is 0 Å². The number of benzene rings is 1. The van der Waals surface area contributed by atoms with Crippen LogP contribution in [0.15, 0.2) is 47.0 Å². The molecule has 3 rings (SSSR count). The van der Waals surface area contributed by atoms with Gasteiger partial charge in [0, 0.05) is 18.6 Å². The molecule has 18 heavy (non-hydrogen) atoms. The highest BCUT2D eigenvalue weighted by molar-refractivity contribution is 6.13. The number of anilines is 1. The molecule has 0 fully saturated rings. The standard InChI is InChI=1S/C14H12N2O2/c1-16-8-4-6-10(16)13(17)14-12(15)9-5-2-3-7-11(9)18-14/h2-8H,15H2,1H3. The fourth-order valence-corrected chi connectivity index (χ4v) is 2.05. The Bertz CT molecular complexity index is 737. The molecule has 0 spiro atoms. The average Bonchev–Trinajstić information content (AvgIpc) is 2.94. The molecule has 4 heteroatoms. The van der Waals surface area contributed by atoms with E-state index in [-0.39, 0.29) is 11.5 Å². The number of rotatable bonds is 2. The predicted molar refractivity (Wildman–Crippen MR) is 69.5 cm³/mol. The van der Waals surface area contributed by atoms with Crippen LogP contribution in [0.1, 0.15) is 16.2 Å². The zero-order chi connectivity index (χ0) is 12.7. The average molecular weight is 240 g/mol. The number of carbonyl (C=O) groups is 1. The molecule has 0 radical (unpaired) electrons. The lowest BCUT2D eigenvalue weighted by Gasteiger charge is -2.00. The second kappa shape index (κ2) is 3.77. The summed E-state index contributed by atoms with van der Waals surface area (Å²) in [7, 11) is 1.81. The van der Waals surface area contributed by atoms with Crippen molar-refractivity contribution in [3.05, 3.63) is 54.0 Å². The van der Waals surface area contributed by atoms with Gasteiger partial charge in [-0.25, -0.2) is 0 Å². The topological polar surface area (TPSA) is 61.2 Å². The first-order valence-electron chi connectivity index (χ1n) is 5.61. The number of hydrogen-bond donors (Lipinski definition) is 1. The van der Waals surface area contributed by atoms with Crippen molar-refractivity contribution >= 4 is 22.4 Å². The summed E-state index contributed by atoms with van der Waals surface area (Å²) in [6.07, 6.45) is 1.81. The van der Waals surface area contributed by atoms with Crippen LogP contribution in [0, 0.1) is 0 Å². The van der Waals surface area contributed by atoms with E-state index in [0.717, 1.165) is 5.39 Å². The van der Waals surface area contributed by atoms with Gasteiger partial charge in [-0.1, -0.05) is 12.1 Å². The summed E-state index contributed by atoms with van der Waals surface area (Å²) in [4.78, 5) is 12.3. The third kappa shape index (κ3) is 1.43. The number of nitrogens with two attached hydrogens (primary N) is 1. The minimum atomic E-state index is -0.198. The molecule has 0 saturated heterocycles. The third-order valence-corrected chi connectivity index (χ3v) is 3.02. The maximum Gasteiger partial charge on any atom is 0.246 e. The molecule has 0 amide bonds. The number of para-hydroxylation sites is 1. The van der Waals surface area contributed by atoms with Crippen LogP contribution in [0.3, 0.4) is 0 Å². The maximum atomic E-state index is 12.3. The lowest BCUT2D eigenvalue weighted by molar-refractivity contribution is 0.100. The van der Waals surface area contributed by atoms with Crippen molar-refractivity contribution in [2.75, 3.05) is 5.73 Å². The summed E-state index contributed by atoms with van der Waals surface area (Å²) in [5, 5.41) is 0.773. The highest BCUT2D eigenvalue weighted by atomic mass is 16.3. The molecule has 4 nitrogen and oxygen atoms in total. The Balaban J connectivity index is 2.18. The summed E-state index contributed by atoms with van der Waals surface area (Å²) in [6, 6.07) is 10.9. The fraction of sp³-hybridized carbons (Fsp3) is 0.0714. The van der Waals surface area contributed by atoms with Gasteiger partial charge >= 0.3 is 0 Å². The van der Waals surface area contributed by atoms with Gasteiger partial charge in [-0.2, -0.15) is 0 Å². The molecule has 0 bridgehead atoms. The number of aromatic nitrogens is 1. The first-order chi connectivity index (χ1) is 8.68. The second-order valence-corrected chi connectivity index (χ2v) is 4.17. The number of nitrogen functional groups attached to an aromatic ring is 1. The van der Waals surface area contributed by atoms with Crippen molar-refractivity contribution in [1.82, 2.24) is 4.57 Å². The lowest BCUT2D eigenvalue weighted by Crippen LogP contribution is -2.07. The van der Waals surface area contributed by atoms with Crippen molar-refractivity contribution in [2.45, 2.75) is 0 Å². The zero-order valence-corrected chi connectivity index (χ0v) is 9.88. The number of furan rings is 1. The molecule has 2 heterocycles. The normalized spacial score (nSPS) is 10.9. The predicted octanol–water partition coefficient (Wildman–Crippen LogP) is 2.58. The van der Waals surface area contributed by atoms with Crippen LogP contribution in [0.25, 0.3) is 11.0 Å². The Hall–Kier alpha value is -2.49. The largest absolute Gasteiger partial charge is 0.450 e. The van der Waals surface area contributed by atoms with E-state index in [1.54, 1.807) is 16.7 Å². The molecule has 2 aromatic heterocycles. The van der Waals surface area contributed by atoms with Gasteiger partial charge in [0.2, 0.25) is 5.78 Å². The van der Waals surface area contributed by atoms with Crippen LogP contribution in [0.2, 0.25) is 0 Å². The van der Waals surface area contributed by atoms with Gasteiger partial charge in [-0.05, 0) is 24.3 Å². The van der Waals surface area contributed by atoms with Gasteiger partial charge < -0.3 is 14.7 Å². The van der Waals surface area contributed by atoms with Crippen LogP contribution in [0.5, 0.6) is 0 Å². The quantitative estimate of drug-likeness (QED) is 0.700. The smallest absolute Gasteiger partial charge is 0.246 e. The number of carbonyl (C=O) groups excluding carboxylic acids is 1. The highest BCUT2D eigenvalue weighted by Gasteiger charge is 2.21. The molecule has 0 unspecified atom stereocenters. The van der Waals surface area contributed by atoms with Crippen LogP contribution >= 0.6 is 0 Å². The summed E-state index contributed by atoms with van der Waals surface area (Å²) in [5.41, 5.74) is 7.56. The second-order valence-electron chi connectivity index (χ2n) is 4.17. The van der Waals surface area contributed by atoms with Crippen LogP contribution in [-0.2, 0) is 7.05 Å². The number of ketones is 1. The van der Waals surface area contributed by atoms with E-state index in [1.807, 2.05) is 37.5 Å². The minimum Gasteiger partial charge on any atom is -0.450 e. The molecular weight excluding hydrogens is 228 g/mol. The van der Waals surface area contributed by atoms with E-state index < -0.39 is 0 Å². The summed E-state index contributed by atoms with van der Waals surface area (Å²) in [6.45, 7) is 0. The van der Waals surface area contributed by atoms with Gasteiger partial charge in [0.15, 0.2) is 5.76 Å². The van der Waals surface area contributed by atoms with Gasteiger partial charge in [-0.3, -0.25) is 4.79 Å². The van der Waals surface area contributed by atoms with Gasteiger partial charge in [0.05, 0.1) is 11.4 Å². The lowest BCUT2D eigenvalue weighted by atomic mass is 10.1. The SMILES string of the molecule is Cn1cccc1C(=O)c1oc2ccccc2c1N. The van der Waals surface area contributed by atoms with Crippen molar-refractivity contribution < 1.29 is 9.21 Å². The Morgan fingerprint density at radius 2 is 2.00 bits per heavy atom. The molecule has 3 aromatic rings. The van der Waals surface area contributed by atoms with Crippen LogP contribution < -0.4 is 5.73 Å². The molecule has 0 saturated carbocycles. The number of aryl methyl sites for hydroxylation is 1. The Labute approximate surface area is 104 Å². The van der Waals surface area contributed by atoms with E-state index >= 15 is 0 Å². The molecule has 90 valence electrons. The van der Waals surface area contributed by atoms with Crippen molar-refractivity contribution in [1.29, 1.82) is 0 Å². The zero-order valence-electron chi connectivity index (χ0n) is 9.88. The van der Waals surface area contributed by atoms with Crippen molar-refractivity contribution in [2.24, 2.45) is 7.05 Å². The highest BCUT2D eigenvalue weighted by Crippen LogP contribution is 2.29. The number of hydrogen-bond acceptors (Lipinski definition) is 3.